The molecule has 134 valence electrons. The van der Waals surface area contributed by atoms with Crippen molar-refractivity contribution in [2.45, 2.75) is 45.1 Å². The molecule has 0 saturated carbocycles. The number of nitrogens with zero attached hydrogens (tertiary/aromatic N) is 1. The molecule has 0 atom stereocenters. The summed E-state index contributed by atoms with van der Waals surface area (Å²) in [6, 6.07) is 1.71. The van der Waals surface area contributed by atoms with Crippen LogP contribution in [0.2, 0.25) is 18.1 Å². The van der Waals surface area contributed by atoms with Crippen molar-refractivity contribution in [3.63, 3.8) is 0 Å². The molecule has 0 radical (unpaired) electrons. The number of nitro benzene ring substituents is 1. The molecule has 0 aliphatic rings. The van der Waals surface area contributed by atoms with Gasteiger partial charge in [0, 0.05) is 17.7 Å². The average Bonchev–Trinajstić information content (AvgIpc) is 2.42. The van der Waals surface area contributed by atoms with E-state index in [1.807, 2.05) is 33.9 Å². The van der Waals surface area contributed by atoms with Crippen molar-refractivity contribution in [2.75, 3.05) is 0 Å². The second kappa shape index (κ2) is 6.52. The van der Waals surface area contributed by atoms with Gasteiger partial charge in [-0.25, -0.2) is 5.48 Å². The van der Waals surface area contributed by atoms with Gasteiger partial charge in [0.1, 0.15) is 0 Å². The summed E-state index contributed by atoms with van der Waals surface area (Å²) in [4.78, 5) is 21.9. The predicted molar refractivity (Wildman–Crippen MR) is 83.8 cm³/mol. The Labute approximate surface area is 138 Å². The number of alkyl halides is 3. The number of hydrogen-bond acceptors (Lipinski definition) is 4. The fourth-order valence-electron chi connectivity index (χ4n) is 1.40. The van der Waals surface area contributed by atoms with Gasteiger partial charge in [-0.05, 0) is 24.2 Å². The largest absolute Gasteiger partial charge is 0.416 e. The third-order valence-corrected chi connectivity index (χ3v) is 8.15. The van der Waals surface area contributed by atoms with Crippen molar-refractivity contribution in [2.24, 2.45) is 0 Å². The molecule has 0 saturated heterocycles. The molecule has 0 heterocycles. The summed E-state index contributed by atoms with van der Waals surface area (Å²) < 4.78 is 43.9. The van der Waals surface area contributed by atoms with E-state index in [4.69, 9.17) is 4.53 Å². The molecule has 0 unspecified atom stereocenters. The highest BCUT2D eigenvalue weighted by Crippen LogP contribution is 2.36. The number of hydrogen-bond donors (Lipinski definition) is 1. The number of nitro groups is 1. The Bertz CT molecular complexity index is 654. The predicted octanol–water partition coefficient (Wildman–Crippen LogP) is 4.28. The fraction of sp³-hybridized carbons (Fsp3) is 0.500. The van der Waals surface area contributed by atoms with Gasteiger partial charge in [0.15, 0.2) is 0 Å². The van der Waals surface area contributed by atoms with Crippen LogP contribution in [0, 0.1) is 10.1 Å². The quantitative estimate of drug-likeness (QED) is 0.491. The van der Waals surface area contributed by atoms with Crippen molar-refractivity contribution in [1.29, 1.82) is 0 Å². The number of carbonyl (C=O) groups excluding carboxylic acids is 1. The smallest absolute Gasteiger partial charge is 0.319 e. The summed E-state index contributed by atoms with van der Waals surface area (Å²) >= 11 is 0. The Hall–Kier alpha value is -1.94. The molecule has 0 spiro atoms. The summed E-state index contributed by atoms with van der Waals surface area (Å²) in [5.74, 6) is -0.964. The van der Waals surface area contributed by atoms with Crippen molar-refractivity contribution >= 4 is 19.9 Å². The van der Waals surface area contributed by atoms with Gasteiger partial charge >= 0.3 is 6.18 Å². The summed E-state index contributed by atoms with van der Waals surface area (Å²) in [5.41, 5.74) is -0.454. The van der Waals surface area contributed by atoms with E-state index >= 15 is 0 Å². The van der Waals surface area contributed by atoms with E-state index in [-0.39, 0.29) is 5.04 Å². The molecule has 0 aliphatic heterocycles. The van der Waals surface area contributed by atoms with Gasteiger partial charge in [0.2, 0.25) is 8.32 Å². The number of rotatable bonds is 4. The normalized spacial score (nSPS) is 12.8. The molecule has 1 N–H and O–H groups in total. The molecule has 6 nitrogen and oxygen atoms in total. The lowest BCUT2D eigenvalue weighted by Gasteiger charge is -2.35. The van der Waals surface area contributed by atoms with Crippen LogP contribution in [0.3, 0.4) is 0 Å². The maximum absolute atomic E-state index is 12.8. The van der Waals surface area contributed by atoms with Gasteiger partial charge in [0.05, 0.1) is 10.5 Å². The Kier molecular flexibility index (Phi) is 5.46. The molecule has 10 heteroatoms. The lowest BCUT2D eigenvalue weighted by atomic mass is 10.1. The Balaban J connectivity index is 3.11. The maximum Gasteiger partial charge on any atom is 0.416 e. The van der Waals surface area contributed by atoms with Crippen LogP contribution in [0.15, 0.2) is 18.2 Å². The van der Waals surface area contributed by atoms with Gasteiger partial charge in [0.25, 0.3) is 11.6 Å². The first kappa shape index (κ1) is 20.1. The van der Waals surface area contributed by atoms with Crippen LogP contribution in [0.1, 0.15) is 36.7 Å². The summed E-state index contributed by atoms with van der Waals surface area (Å²) in [6.07, 6.45) is -4.80. The van der Waals surface area contributed by atoms with E-state index in [1.54, 1.807) is 0 Å². The van der Waals surface area contributed by atoms with Crippen molar-refractivity contribution in [1.82, 2.24) is 5.48 Å². The zero-order chi connectivity index (χ0) is 18.9. The standard InChI is InChI=1S/C14H19F3N2O4Si/c1-13(2,3)24(4,5)23-18-12(20)9-6-10(14(15,16)17)8-11(7-9)19(21)22/h6-8H,1-5H3,(H,18,20). The second-order valence-corrected chi connectivity index (χ2v) is 11.5. The summed E-state index contributed by atoms with van der Waals surface area (Å²) in [7, 11) is -2.37. The van der Waals surface area contributed by atoms with E-state index in [0.717, 1.165) is 6.07 Å². The molecule has 0 bridgehead atoms. The van der Waals surface area contributed by atoms with Crippen molar-refractivity contribution < 1.29 is 27.4 Å². The average molecular weight is 364 g/mol. The Morgan fingerprint density at radius 3 is 2.17 bits per heavy atom. The number of hydroxylamine groups is 1. The zero-order valence-corrected chi connectivity index (χ0v) is 14.9. The van der Waals surface area contributed by atoms with Crippen LogP contribution in [-0.4, -0.2) is 19.1 Å². The number of halogens is 3. The third kappa shape index (κ3) is 4.77. The number of carbonyl (C=O) groups is 1. The molecule has 1 aromatic carbocycles. The highest BCUT2D eigenvalue weighted by Gasteiger charge is 2.39. The second-order valence-electron chi connectivity index (χ2n) is 6.82. The topological polar surface area (TPSA) is 81.5 Å². The van der Waals surface area contributed by atoms with Crippen molar-refractivity contribution in [3.8, 4) is 0 Å². The third-order valence-electron chi connectivity index (χ3n) is 3.92. The Morgan fingerprint density at radius 1 is 1.21 bits per heavy atom. The van der Waals surface area contributed by atoms with E-state index < -0.39 is 42.1 Å². The highest BCUT2D eigenvalue weighted by atomic mass is 28.4. The van der Waals surface area contributed by atoms with Crippen molar-refractivity contribution in [3.05, 3.63) is 39.4 Å². The number of nitrogens with one attached hydrogen (secondary N) is 1. The van der Waals surface area contributed by atoms with E-state index in [2.05, 4.69) is 5.48 Å². The lowest BCUT2D eigenvalue weighted by Crippen LogP contribution is -2.46. The van der Waals surface area contributed by atoms with E-state index in [1.165, 1.54) is 0 Å². The monoisotopic (exact) mass is 364 g/mol. The molecule has 1 aromatic rings. The minimum atomic E-state index is -4.80. The first-order valence-electron chi connectivity index (χ1n) is 7.00. The van der Waals surface area contributed by atoms with Crippen LogP contribution >= 0.6 is 0 Å². The minimum Gasteiger partial charge on any atom is -0.319 e. The summed E-state index contributed by atoms with van der Waals surface area (Å²) in [5, 5.41) is 10.5. The lowest BCUT2D eigenvalue weighted by molar-refractivity contribution is -0.385. The number of amides is 1. The van der Waals surface area contributed by atoms with Gasteiger partial charge in [-0.2, -0.15) is 13.2 Å². The fourth-order valence-corrected chi connectivity index (χ4v) is 2.05. The molecule has 0 fully saturated rings. The molecule has 0 aliphatic carbocycles. The first-order valence-corrected chi connectivity index (χ1v) is 9.91. The molecular formula is C14H19F3N2O4Si. The van der Waals surface area contributed by atoms with Crippen LogP contribution in [-0.2, 0) is 10.7 Å². The van der Waals surface area contributed by atoms with Gasteiger partial charge in [-0.3, -0.25) is 14.9 Å². The molecule has 1 rings (SSSR count). The van der Waals surface area contributed by atoms with Crippen LogP contribution in [0.5, 0.6) is 0 Å². The zero-order valence-electron chi connectivity index (χ0n) is 13.9. The highest BCUT2D eigenvalue weighted by molar-refractivity contribution is 6.74. The SMILES string of the molecule is CC(C)(C)[Si](C)(C)ONC(=O)c1cc([N+](=O)[O-])cc(C(F)(F)F)c1. The first-order chi connectivity index (χ1) is 10.6. The van der Waals surface area contributed by atoms with E-state index in [0.29, 0.717) is 12.1 Å². The summed E-state index contributed by atoms with van der Waals surface area (Å²) in [6.45, 7) is 9.42. The number of benzene rings is 1. The molecule has 24 heavy (non-hydrogen) atoms. The van der Waals surface area contributed by atoms with Gasteiger partial charge < -0.3 is 4.53 Å². The van der Waals surface area contributed by atoms with Gasteiger partial charge in [-0.15, -0.1) is 0 Å². The Morgan fingerprint density at radius 2 is 1.75 bits per heavy atom. The molecular weight excluding hydrogens is 345 g/mol. The van der Waals surface area contributed by atoms with E-state index in [9.17, 15) is 28.1 Å². The number of non-ortho nitro benzene ring substituents is 1. The van der Waals surface area contributed by atoms with Crippen LogP contribution in [0.4, 0.5) is 18.9 Å². The molecule has 0 aromatic heterocycles. The minimum absolute atomic E-state index is 0.236. The van der Waals surface area contributed by atoms with Crippen LogP contribution in [0.25, 0.3) is 0 Å². The van der Waals surface area contributed by atoms with Gasteiger partial charge in [-0.1, -0.05) is 20.8 Å². The van der Waals surface area contributed by atoms with Crippen LogP contribution < -0.4 is 5.48 Å². The maximum atomic E-state index is 12.8. The molecule has 1 amide bonds.